The van der Waals surface area contributed by atoms with Crippen LogP contribution in [0.2, 0.25) is 0 Å². The smallest absolute Gasteiger partial charge is 0.416 e. The van der Waals surface area contributed by atoms with Crippen LogP contribution >= 0.6 is 0 Å². The molecule has 2 rings (SSSR count). The van der Waals surface area contributed by atoms with Gasteiger partial charge in [0.2, 0.25) is 0 Å². The number of carbonyl (C=O) groups excluding carboxylic acids is 2. The van der Waals surface area contributed by atoms with Crippen LogP contribution in [0, 0.1) is 0 Å². The van der Waals surface area contributed by atoms with E-state index in [4.69, 9.17) is 9.47 Å². The van der Waals surface area contributed by atoms with Crippen molar-refractivity contribution in [2.75, 3.05) is 6.61 Å². The lowest BCUT2D eigenvalue weighted by atomic mass is 10.0. The molecule has 0 radical (unpaired) electrons. The van der Waals surface area contributed by atoms with Crippen molar-refractivity contribution in [3.63, 3.8) is 0 Å². The third-order valence-corrected chi connectivity index (χ3v) is 7.25. The quantitative estimate of drug-likeness (QED) is 0.110. The van der Waals surface area contributed by atoms with Crippen molar-refractivity contribution < 1.29 is 32.2 Å². The fourth-order valence-corrected chi connectivity index (χ4v) is 4.75. The summed E-state index contributed by atoms with van der Waals surface area (Å²) in [5, 5.41) is 0. The van der Waals surface area contributed by atoms with Crippen LogP contribution < -0.4 is 0 Å². The number of carbonyl (C=O) groups is 2. The van der Waals surface area contributed by atoms with Gasteiger partial charge in [0.25, 0.3) is 0 Å². The van der Waals surface area contributed by atoms with Gasteiger partial charge in [-0.2, -0.15) is 13.2 Å². The minimum Gasteiger partial charge on any atom is -0.462 e. The zero-order valence-electron chi connectivity index (χ0n) is 24.6. The SMILES string of the molecule is CCCCCCCCCCCCCCCCCCOC(=O)c1ccccc1C(=O)OCc1ccc(C(F)(F)F)cc1. The minimum atomic E-state index is -4.43. The summed E-state index contributed by atoms with van der Waals surface area (Å²) in [4.78, 5) is 25.2. The van der Waals surface area contributed by atoms with Gasteiger partial charge < -0.3 is 9.47 Å². The van der Waals surface area contributed by atoms with Crippen LogP contribution in [0.4, 0.5) is 13.2 Å². The zero-order chi connectivity index (χ0) is 29.8. The highest BCUT2D eigenvalue weighted by Crippen LogP contribution is 2.29. The first-order chi connectivity index (χ1) is 19.8. The molecule has 41 heavy (non-hydrogen) atoms. The zero-order valence-corrected chi connectivity index (χ0v) is 24.6. The van der Waals surface area contributed by atoms with E-state index < -0.39 is 23.7 Å². The summed E-state index contributed by atoms with van der Waals surface area (Å²) < 4.78 is 48.8. The molecule has 0 spiro atoms. The number of hydrogen-bond donors (Lipinski definition) is 0. The molecule has 0 bridgehead atoms. The van der Waals surface area contributed by atoms with E-state index in [9.17, 15) is 22.8 Å². The highest BCUT2D eigenvalue weighted by atomic mass is 19.4. The molecule has 0 aliphatic heterocycles. The highest BCUT2D eigenvalue weighted by molar-refractivity contribution is 6.03. The number of hydrogen-bond acceptors (Lipinski definition) is 4. The highest BCUT2D eigenvalue weighted by Gasteiger charge is 2.30. The van der Waals surface area contributed by atoms with Crippen LogP contribution in [0.15, 0.2) is 48.5 Å². The Hall–Kier alpha value is -2.83. The van der Waals surface area contributed by atoms with E-state index in [1.165, 1.54) is 108 Å². The van der Waals surface area contributed by atoms with Gasteiger partial charge in [0.15, 0.2) is 0 Å². The van der Waals surface area contributed by atoms with Crippen molar-refractivity contribution in [3.8, 4) is 0 Å². The van der Waals surface area contributed by atoms with Crippen LogP contribution in [0.1, 0.15) is 141 Å². The van der Waals surface area contributed by atoms with Crippen LogP contribution in [-0.4, -0.2) is 18.5 Å². The largest absolute Gasteiger partial charge is 0.462 e. The van der Waals surface area contributed by atoms with Crippen LogP contribution in [0.3, 0.4) is 0 Å². The van der Waals surface area contributed by atoms with Crippen molar-refractivity contribution in [2.45, 2.75) is 122 Å². The Morgan fingerprint density at radius 2 is 1.00 bits per heavy atom. The minimum absolute atomic E-state index is 0.0661. The molecular formula is C34H47F3O4. The summed E-state index contributed by atoms with van der Waals surface area (Å²) in [5.41, 5.74) is -0.183. The monoisotopic (exact) mass is 576 g/mol. The molecule has 0 N–H and O–H groups in total. The molecule has 0 saturated carbocycles. The molecule has 7 heteroatoms. The van der Waals surface area contributed by atoms with E-state index in [-0.39, 0.29) is 24.3 Å². The molecule has 2 aromatic carbocycles. The van der Waals surface area contributed by atoms with Crippen molar-refractivity contribution >= 4 is 11.9 Å². The van der Waals surface area contributed by atoms with E-state index in [0.29, 0.717) is 5.56 Å². The molecule has 0 saturated heterocycles. The first-order valence-electron chi connectivity index (χ1n) is 15.4. The number of benzene rings is 2. The van der Waals surface area contributed by atoms with Gasteiger partial charge in [0.1, 0.15) is 6.61 Å². The molecule has 0 fully saturated rings. The number of unbranched alkanes of at least 4 members (excludes halogenated alkanes) is 15. The fourth-order valence-electron chi connectivity index (χ4n) is 4.75. The second-order valence-corrected chi connectivity index (χ2v) is 10.8. The van der Waals surface area contributed by atoms with E-state index in [1.807, 2.05) is 0 Å². The van der Waals surface area contributed by atoms with Gasteiger partial charge in [-0.1, -0.05) is 128 Å². The second-order valence-electron chi connectivity index (χ2n) is 10.8. The lowest BCUT2D eigenvalue weighted by molar-refractivity contribution is -0.137. The van der Waals surface area contributed by atoms with Gasteiger partial charge in [-0.3, -0.25) is 0 Å². The van der Waals surface area contributed by atoms with Crippen LogP contribution in [-0.2, 0) is 22.3 Å². The summed E-state index contributed by atoms with van der Waals surface area (Å²) in [5.74, 6) is -1.33. The molecule has 0 atom stereocenters. The van der Waals surface area contributed by atoms with Crippen molar-refractivity contribution in [1.82, 2.24) is 0 Å². The summed E-state index contributed by atoms with van der Waals surface area (Å²) in [6.45, 7) is 2.33. The maximum atomic E-state index is 12.7. The third-order valence-electron chi connectivity index (χ3n) is 7.25. The predicted molar refractivity (Wildman–Crippen MR) is 157 cm³/mol. The Bertz CT molecular complexity index is 1000. The Kier molecular flexibility index (Phi) is 16.9. The van der Waals surface area contributed by atoms with Crippen LogP contribution in [0.5, 0.6) is 0 Å². The van der Waals surface area contributed by atoms with Gasteiger partial charge in [-0.25, -0.2) is 9.59 Å². The van der Waals surface area contributed by atoms with Gasteiger partial charge in [0, 0.05) is 0 Å². The lowest BCUT2D eigenvalue weighted by Crippen LogP contribution is -2.14. The molecule has 0 aromatic heterocycles. The average molecular weight is 577 g/mol. The lowest BCUT2D eigenvalue weighted by Gasteiger charge is -2.11. The normalized spacial score (nSPS) is 11.4. The van der Waals surface area contributed by atoms with Gasteiger partial charge >= 0.3 is 18.1 Å². The average Bonchev–Trinajstić information content (AvgIpc) is 2.97. The first-order valence-corrected chi connectivity index (χ1v) is 15.4. The van der Waals surface area contributed by atoms with Crippen molar-refractivity contribution in [3.05, 3.63) is 70.8 Å². The molecule has 228 valence electrons. The molecular weight excluding hydrogens is 529 g/mol. The Morgan fingerprint density at radius 3 is 1.44 bits per heavy atom. The number of halogens is 3. The summed E-state index contributed by atoms with van der Waals surface area (Å²) >= 11 is 0. The van der Waals surface area contributed by atoms with Crippen molar-refractivity contribution in [1.29, 1.82) is 0 Å². The Balaban J connectivity index is 1.56. The molecule has 2 aromatic rings. The maximum absolute atomic E-state index is 12.7. The Labute approximate surface area is 244 Å². The molecule has 0 aliphatic carbocycles. The van der Waals surface area contributed by atoms with E-state index in [0.717, 1.165) is 31.4 Å². The van der Waals surface area contributed by atoms with Gasteiger partial charge in [0.05, 0.1) is 23.3 Å². The van der Waals surface area contributed by atoms with E-state index in [2.05, 4.69) is 6.92 Å². The van der Waals surface area contributed by atoms with E-state index in [1.54, 1.807) is 12.1 Å². The number of esters is 2. The van der Waals surface area contributed by atoms with Gasteiger partial charge in [-0.15, -0.1) is 0 Å². The molecule has 4 nitrogen and oxygen atoms in total. The van der Waals surface area contributed by atoms with Crippen LogP contribution in [0.25, 0.3) is 0 Å². The summed E-state index contributed by atoms with van der Waals surface area (Å²) in [6, 6.07) is 10.6. The summed E-state index contributed by atoms with van der Waals surface area (Å²) in [7, 11) is 0. The number of rotatable bonds is 21. The topological polar surface area (TPSA) is 52.6 Å². The molecule has 0 unspecified atom stereocenters. The molecule has 0 amide bonds. The fraction of sp³-hybridized carbons (Fsp3) is 0.588. The molecule has 0 heterocycles. The van der Waals surface area contributed by atoms with Crippen molar-refractivity contribution in [2.24, 2.45) is 0 Å². The Morgan fingerprint density at radius 1 is 0.585 bits per heavy atom. The third kappa shape index (κ3) is 14.6. The standard InChI is InChI=1S/C34H47F3O4/c1-2-3-4-5-6-7-8-9-10-11-12-13-14-15-16-19-26-40-32(38)30-20-17-18-21-31(30)33(39)41-27-28-22-24-29(25-23-28)34(35,36)37/h17-18,20-25H,2-16,19,26-27H2,1H3. The molecule has 0 aliphatic rings. The number of alkyl halides is 3. The second kappa shape index (κ2) is 20.1. The van der Waals surface area contributed by atoms with Gasteiger partial charge in [-0.05, 0) is 36.2 Å². The maximum Gasteiger partial charge on any atom is 0.416 e. The number of ether oxygens (including phenoxy) is 2. The van der Waals surface area contributed by atoms with E-state index >= 15 is 0 Å². The first kappa shape index (κ1) is 34.4. The summed E-state index contributed by atoms with van der Waals surface area (Å²) in [6.07, 6.45) is 15.8. The predicted octanol–water partition coefficient (Wildman–Crippen LogP) is 10.5.